The topological polar surface area (TPSA) is 103 Å². The number of hydrogen-bond acceptors (Lipinski definition) is 6. The summed E-state index contributed by atoms with van der Waals surface area (Å²) in [6.07, 6.45) is 1.50. The van der Waals surface area contributed by atoms with Crippen molar-refractivity contribution in [1.82, 2.24) is 21.0 Å². The maximum absolute atomic E-state index is 12.7. The molecule has 8 heteroatoms. The van der Waals surface area contributed by atoms with Crippen LogP contribution in [0.25, 0.3) is 0 Å². The molecule has 2 heterocycles. The van der Waals surface area contributed by atoms with Crippen molar-refractivity contribution in [3.8, 4) is 11.8 Å². The lowest BCUT2D eigenvalue weighted by Gasteiger charge is -2.29. The third kappa shape index (κ3) is 7.13. The SMILES string of the molecule is O=C(NC(C(=O)NO)C1CCNCC1)c1ccc(C#Cc2ccc(CN3CCOCC3)cc2)cc1. The first kappa shape index (κ1) is 24.9. The van der Waals surface area contributed by atoms with E-state index < -0.39 is 11.9 Å². The number of benzene rings is 2. The summed E-state index contributed by atoms with van der Waals surface area (Å²) in [5, 5.41) is 15.1. The van der Waals surface area contributed by atoms with Crippen LogP contribution in [0.3, 0.4) is 0 Å². The molecule has 0 spiro atoms. The van der Waals surface area contributed by atoms with Gasteiger partial charge in [-0.15, -0.1) is 0 Å². The Balaban J connectivity index is 1.34. The second kappa shape index (κ2) is 12.5. The van der Waals surface area contributed by atoms with Crippen LogP contribution in [0.15, 0.2) is 48.5 Å². The van der Waals surface area contributed by atoms with Gasteiger partial charge in [-0.1, -0.05) is 24.0 Å². The summed E-state index contributed by atoms with van der Waals surface area (Å²) >= 11 is 0. The lowest BCUT2D eigenvalue weighted by atomic mass is 9.89. The molecule has 184 valence electrons. The smallest absolute Gasteiger partial charge is 0.266 e. The highest BCUT2D eigenvalue weighted by Gasteiger charge is 2.31. The van der Waals surface area contributed by atoms with Crippen molar-refractivity contribution >= 4 is 11.8 Å². The first-order chi connectivity index (χ1) is 17.1. The number of morpholine rings is 1. The van der Waals surface area contributed by atoms with Crippen LogP contribution in [-0.2, 0) is 16.1 Å². The molecule has 0 saturated carbocycles. The van der Waals surface area contributed by atoms with Gasteiger partial charge in [0.1, 0.15) is 6.04 Å². The molecule has 8 nitrogen and oxygen atoms in total. The number of hydroxylamine groups is 1. The molecule has 1 atom stereocenters. The van der Waals surface area contributed by atoms with Gasteiger partial charge in [0.15, 0.2) is 0 Å². The molecule has 0 aromatic heterocycles. The van der Waals surface area contributed by atoms with Crippen LogP contribution in [0, 0.1) is 17.8 Å². The lowest BCUT2D eigenvalue weighted by molar-refractivity contribution is -0.132. The average molecular weight is 477 g/mol. The van der Waals surface area contributed by atoms with Gasteiger partial charge >= 0.3 is 0 Å². The van der Waals surface area contributed by atoms with Gasteiger partial charge in [0.05, 0.1) is 13.2 Å². The summed E-state index contributed by atoms with van der Waals surface area (Å²) < 4.78 is 5.40. The van der Waals surface area contributed by atoms with Crippen LogP contribution in [0.1, 0.15) is 39.9 Å². The minimum atomic E-state index is -0.778. The highest BCUT2D eigenvalue weighted by atomic mass is 16.5. The second-order valence-electron chi connectivity index (χ2n) is 8.93. The van der Waals surface area contributed by atoms with E-state index in [-0.39, 0.29) is 11.8 Å². The van der Waals surface area contributed by atoms with E-state index in [0.717, 1.165) is 69.9 Å². The van der Waals surface area contributed by atoms with E-state index in [1.807, 2.05) is 12.1 Å². The van der Waals surface area contributed by atoms with E-state index >= 15 is 0 Å². The molecular weight excluding hydrogens is 444 g/mol. The molecule has 2 fully saturated rings. The third-order valence-corrected chi connectivity index (χ3v) is 6.50. The monoisotopic (exact) mass is 476 g/mol. The summed E-state index contributed by atoms with van der Waals surface area (Å²) in [6.45, 7) is 5.98. The van der Waals surface area contributed by atoms with E-state index in [9.17, 15) is 9.59 Å². The van der Waals surface area contributed by atoms with E-state index in [1.54, 1.807) is 29.7 Å². The van der Waals surface area contributed by atoms with Crippen LogP contribution < -0.4 is 16.1 Å². The molecule has 2 saturated heterocycles. The fourth-order valence-corrected chi connectivity index (χ4v) is 4.43. The summed E-state index contributed by atoms with van der Waals surface area (Å²) in [4.78, 5) is 27.3. The molecule has 0 aliphatic carbocycles. The summed E-state index contributed by atoms with van der Waals surface area (Å²) in [7, 11) is 0. The van der Waals surface area contributed by atoms with Crippen molar-refractivity contribution in [3.63, 3.8) is 0 Å². The standard InChI is InChI=1S/C27H32N4O4/c32-26(29-25(27(33)30-34)23-11-13-28-14-12-23)24-9-7-21(8-10-24)2-1-20-3-5-22(6-4-20)19-31-15-17-35-18-16-31/h3-10,23,25,28,34H,11-19H2,(H,29,32)(H,30,33). The minimum absolute atomic E-state index is 0.0299. The Hall–Kier alpha value is -3.22. The Morgan fingerprint density at radius 1 is 1.00 bits per heavy atom. The minimum Gasteiger partial charge on any atom is -0.379 e. The van der Waals surface area contributed by atoms with E-state index in [2.05, 4.69) is 39.5 Å². The largest absolute Gasteiger partial charge is 0.379 e. The lowest BCUT2D eigenvalue weighted by Crippen LogP contribution is -2.52. The van der Waals surface area contributed by atoms with Crippen LogP contribution in [0.5, 0.6) is 0 Å². The molecule has 2 aromatic rings. The van der Waals surface area contributed by atoms with Gasteiger partial charge < -0.3 is 15.4 Å². The van der Waals surface area contributed by atoms with Crippen molar-refractivity contribution in [1.29, 1.82) is 0 Å². The fourth-order valence-electron chi connectivity index (χ4n) is 4.43. The average Bonchev–Trinajstić information content (AvgIpc) is 2.92. The van der Waals surface area contributed by atoms with Gasteiger partial charge in [0, 0.05) is 36.3 Å². The van der Waals surface area contributed by atoms with Gasteiger partial charge in [-0.3, -0.25) is 19.7 Å². The van der Waals surface area contributed by atoms with E-state index in [1.165, 1.54) is 5.56 Å². The highest BCUT2D eigenvalue weighted by molar-refractivity contribution is 5.97. The second-order valence-corrected chi connectivity index (χ2v) is 8.93. The summed E-state index contributed by atoms with van der Waals surface area (Å²) in [6, 6.07) is 14.5. The molecule has 2 aliphatic rings. The van der Waals surface area contributed by atoms with Crippen LogP contribution >= 0.6 is 0 Å². The van der Waals surface area contributed by atoms with Gasteiger partial charge in [-0.25, -0.2) is 5.48 Å². The normalized spacial score (nSPS) is 17.6. The first-order valence-corrected chi connectivity index (χ1v) is 12.1. The number of nitrogens with one attached hydrogen (secondary N) is 3. The quantitative estimate of drug-likeness (QED) is 0.287. The first-order valence-electron chi connectivity index (χ1n) is 12.1. The molecule has 0 radical (unpaired) electrons. The highest BCUT2D eigenvalue weighted by Crippen LogP contribution is 2.17. The van der Waals surface area contributed by atoms with Gasteiger partial charge in [0.25, 0.3) is 11.8 Å². The number of rotatable bonds is 6. The van der Waals surface area contributed by atoms with Crippen molar-refractivity contribution in [2.24, 2.45) is 5.92 Å². The molecule has 1 unspecified atom stereocenters. The summed E-state index contributed by atoms with van der Waals surface area (Å²) in [5.41, 5.74) is 5.10. The molecular formula is C27H32N4O4. The van der Waals surface area contributed by atoms with Crippen molar-refractivity contribution in [2.75, 3.05) is 39.4 Å². The Morgan fingerprint density at radius 2 is 1.60 bits per heavy atom. The predicted molar refractivity (Wildman–Crippen MR) is 132 cm³/mol. The van der Waals surface area contributed by atoms with E-state index in [0.29, 0.717) is 5.56 Å². The van der Waals surface area contributed by atoms with Crippen LogP contribution in [0.4, 0.5) is 0 Å². The zero-order valence-electron chi connectivity index (χ0n) is 19.8. The Kier molecular flexibility index (Phi) is 8.87. The maximum atomic E-state index is 12.7. The Labute approximate surface area is 206 Å². The fraction of sp³-hybridized carbons (Fsp3) is 0.407. The van der Waals surface area contributed by atoms with Crippen LogP contribution in [0.2, 0.25) is 0 Å². The number of hydrogen-bond donors (Lipinski definition) is 4. The predicted octanol–water partition coefficient (Wildman–Crippen LogP) is 1.52. The summed E-state index contributed by atoms with van der Waals surface area (Å²) in [5.74, 6) is 5.32. The Bertz CT molecular complexity index is 1050. The number of carbonyl (C=O) groups excluding carboxylic acids is 2. The maximum Gasteiger partial charge on any atom is 0.266 e. The molecule has 4 N–H and O–H groups in total. The van der Waals surface area contributed by atoms with Gasteiger partial charge in [0.2, 0.25) is 0 Å². The molecule has 0 bridgehead atoms. The van der Waals surface area contributed by atoms with E-state index in [4.69, 9.17) is 9.94 Å². The van der Waals surface area contributed by atoms with Gasteiger partial charge in [-0.2, -0.15) is 0 Å². The zero-order chi connectivity index (χ0) is 24.5. The number of amides is 2. The van der Waals surface area contributed by atoms with Crippen molar-refractivity contribution in [3.05, 3.63) is 70.8 Å². The number of nitrogens with zero attached hydrogens (tertiary/aromatic N) is 1. The number of carbonyl (C=O) groups is 2. The number of piperidine rings is 1. The zero-order valence-corrected chi connectivity index (χ0v) is 19.8. The molecule has 4 rings (SSSR count). The van der Waals surface area contributed by atoms with Crippen molar-refractivity contribution in [2.45, 2.75) is 25.4 Å². The van der Waals surface area contributed by atoms with Gasteiger partial charge in [-0.05, 0) is 73.8 Å². The molecule has 2 aliphatic heterocycles. The Morgan fingerprint density at radius 3 is 2.20 bits per heavy atom. The van der Waals surface area contributed by atoms with Crippen molar-refractivity contribution < 1.29 is 19.5 Å². The molecule has 35 heavy (non-hydrogen) atoms. The third-order valence-electron chi connectivity index (χ3n) is 6.50. The van der Waals surface area contributed by atoms with Crippen LogP contribution in [-0.4, -0.2) is 67.4 Å². The molecule has 2 amide bonds. The molecule has 2 aromatic carbocycles. The number of ether oxygens (including phenoxy) is 1.